The number of hydrogen-bond acceptors (Lipinski definition) is 4. The lowest BCUT2D eigenvalue weighted by Crippen LogP contribution is -2.13. The molecule has 4 nitrogen and oxygen atoms in total. The van der Waals surface area contributed by atoms with Crippen LogP contribution in [0.2, 0.25) is 0 Å². The second-order valence-corrected chi connectivity index (χ2v) is 6.14. The van der Waals surface area contributed by atoms with Crippen molar-refractivity contribution in [1.29, 1.82) is 0 Å². The third kappa shape index (κ3) is 2.81. The van der Waals surface area contributed by atoms with Crippen LogP contribution in [-0.2, 0) is 0 Å². The van der Waals surface area contributed by atoms with Gasteiger partial charge in [0.1, 0.15) is 5.69 Å². The number of hydrogen-bond donors (Lipinski definition) is 0. The Balaban J connectivity index is 1.95. The number of pyridine rings is 1. The van der Waals surface area contributed by atoms with E-state index in [-0.39, 0.29) is 0 Å². The first kappa shape index (κ1) is 14.7. The molecule has 0 saturated carbocycles. The third-order valence-corrected chi connectivity index (χ3v) is 4.41. The van der Waals surface area contributed by atoms with Gasteiger partial charge >= 0.3 is 0 Å². The molecule has 5 heteroatoms. The van der Waals surface area contributed by atoms with Gasteiger partial charge in [0.15, 0.2) is 16.4 Å². The van der Waals surface area contributed by atoms with Crippen molar-refractivity contribution in [3.05, 3.63) is 82.8 Å². The van der Waals surface area contributed by atoms with Crippen molar-refractivity contribution in [3.63, 3.8) is 0 Å². The summed E-state index contributed by atoms with van der Waals surface area (Å²) in [7, 11) is 0. The Morgan fingerprint density at radius 3 is 2.62 bits per heavy atom. The molecule has 24 heavy (non-hydrogen) atoms. The van der Waals surface area contributed by atoms with Gasteiger partial charge in [0.25, 0.3) is 0 Å². The van der Waals surface area contributed by atoms with Crippen molar-refractivity contribution < 1.29 is 4.42 Å². The fourth-order valence-corrected chi connectivity index (χ4v) is 3.40. The Labute approximate surface area is 143 Å². The van der Waals surface area contributed by atoms with Gasteiger partial charge in [0.2, 0.25) is 0 Å². The Kier molecular flexibility index (Phi) is 3.84. The molecule has 0 aliphatic carbocycles. The van der Waals surface area contributed by atoms with Crippen LogP contribution >= 0.6 is 11.3 Å². The van der Waals surface area contributed by atoms with Crippen molar-refractivity contribution in [2.45, 2.75) is 6.92 Å². The van der Waals surface area contributed by atoms with Crippen LogP contribution in [0, 0.1) is 6.92 Å². The summed E-state index contributed by atoms with van der Waals surface area (Å²) in [6.45, 7) is 1.97. The van der Waals surface area contributed by atoms with E-state index in [2.05, 4.69) is 27.1 Å². The minimum Gasteiger partial charge on any atom is -0.463 e. The van der Waals surface area contributed by atoms with Crippen molar-refractivity contribution in [2.75, 3.05) is 0 Å². The number of aromatic nitrogens is 2. The average molecular weight is 333 g/mol. The quantitative estimate of drug-likeness (QED) is 0.544. The molecule has 1 aromatic carbocycles. The molecule has 0 radical (unpaired) electrons. The highest BCUT2D eigenvalue weighted by Gasteiger charge is 2.12. The molecule has 0 fully saturated rings. The number of thiazole rings is 1. The molecule has 0 saturated heterocycles. The van der Waals surface area contributed by atoms with E-state index < -0.39 is 0 Å². The van der Waals surface area contributed by atoms with E-state index in [9.17, 15) is 0 Å². The summed E-state index contributed by atoms with van der Waals surface area (Å²) in [4.78, 5) is 10.1. The minimum absolute atomic E-state index is 0.701. The van der Waals surface area contributed by atoms with Gasteiger partial charge in [-0.3, -0.25) is 4.57 Å². The van der Waals surface area contributed by atoms with Gasteiger partial charge < -0.3 is 4.42 Å². The summed E-state index contributed by atoms with van der Waals surface area (Å²) in [6, 6.07) is 19.8. The molecule has 0 N–H and O–H groups in total. The van der Waals surface area contributed by atoms with Crippen molar-refractivity contribution >= 4 is 17.2 Å². The third-order valence-electron chi connectivity index (χ3n) is 3.58. The molecule has 0 atom stereocenters. The number of rotatable bonds is 3. The predicted molar refractivity (Wildman–Crippen MR) is 95.5 cm³/mol. The first-order valence-electron chi connectivity index (χ1n) is 7.59. The number of para-hydroxylation sites is 1. The first-order valence-corrected chi connectivity index (χ1v) is 8.47. The molecule has 118 valence electrons. The van der Waals surface area contributed by atoms with Gasteiger partial charge in [-0.25, -0.2) is 9.98 Å². The van der Waals surface area contributed by atoms with Gasteiger partial charge in [-0.05, 0) is 43.3 Å². The molecule has 0 aliphatic heterocycles. The molecule has 0 aliphatic rings. The molecule has 0 unspecified atom stereocenters. The van der Waals surface area contributed by atoms with Gasteiger partial charge in [0, 0.05) is 16.8 Å². The number of benzene rings is 1. The second-order valence-electron chi connectivity index (χ2n) is 5.30. The molecule has 0 amide bonds. The Bertz CT molecular complexity index is 1010. The van der Waals surface area contributed by atoms with Crippen molar-refractivity contribution in [3.8, 4) is 17.1 Å². The van der Waals surface area contributed by atoms with Gasteiger partial charge in [-0.2, -0.15) is 0 Å². The fourth-order valence-electron chi connectivity index (χ4n) is 2.50. The maximum atomic E-state index is 5.59. The molecular weight excluding hydrogens is 318 g/mol. The monoisotopic (exact) mass is 333 g/mol. The minimum atomic E-state index is 0.701. The normalized spacial score (nSPS) is 11.8. The smallest absolute Gasteiger partial charge is 0.196 e. The summed E-state index contributed by atoms with van der Waals surface area (Å²) in [5.41, 5.74) is 2.96. The van der Waals surface area contributed by atoms with Crippen LogP contribution in [0.15, 0.2) is 81.7 Å². The van der Waals surface area contributed by atoms with Crippen molar-refractivity contribution in [2.24, 2.45) is 4.99 Å². The molecule has 4 aromatic rings. The highest BCUT2D eigenvalue weighted by Crippen LogP contribution is 2.24. The van der Waals surface area contributed by atoms with Gasteiger partial charge in [-0.15, -0.1) is 11.3 Å². The van der Waals surface area contributed by atoms with Crippen LogP contribution in [0.5, 0.6) is 0 Å². The molecule has 0 spiro atoms. The van der Waals surface area contributed by atoms with E-state index in [4.69, 9.17) is 9.41 Å². The summed E-state index contributed by atoms with van der Waals surface area (Å²) in [5.74, 6) is 1.52. The van der Waals surface area contributed by atoms with E-state index in [0.29, 0.717) is 5.82 Å². The SMILES string of the molecule is Cc1cccc(N=c2scc(-c3ccco3)n2-c2ccccc2)n1. The zero-order chi connectivity index (χ0) is 16.4. The standard InChI is InChI=1S/C19H15N3OS/c1-14-7-5-11-18(20-14)21-19-22(15-8-3-2-4-9-15)16(13-24-19)17-10-6-12-23-17/h2-13H,1H3. The average Bonchev–Trinajstić information content (AvgIpc) is 3.25. The topological polar surface area (TPSA) is 43.3 Å². The van der Waals surface area contributed by atoms with E-state index in [1.807, 2.05) is 55.5 Å². The molecule has 0 bridgehead atoms. The lowest BCUT2D eigenvalue weighted by atomic mass is 10.3. The number of nitrogens with zero attached hydrogens (tertiary/aromatic N) is 3. The van der Waals surface area contributed by atoms with Crippen LogP contribution < -0.4 is 4.80 Å². The highest BCUT2D eigenvalue weighted by atomic mass is 32.1. The first-order chi connectivity index (χ1) is 11.8. The largest absolute Gasteiger partial charge is 0.463 e. The summed E-state index contributed by atoms with van der Waals surface area (Å²) >= 11 is 1.57. The lowest BCUT2D eigenvalue weighted by Gasteiger charge is -2.07. The molecule has 3 heterocycles. The second kappa shape index (κ2) is 6.29. The lowest BCUT2D eigenvalue weighted by molar-refractivity contribution is 0.578. The van der Waals surface area contributed by atoms with Crippen LogP contribution in [0.25, 0.3) is 17.1 Å². The van der Waals surface area contributed by atoms with E-state index in [0.717, 1.165) is 27.6 Å². The van der Waals surface area contributed by atoms with Crippen LogP contribution in [-0.4, -0.2) is 9.55 Å². The van der Waals surface area contributed by atoms with Crippen LogP contribution in [0.1, 0.15) is 5.69 Å². The molecular formula is C19H15N3OS. The van der Waals surface area contributed by atoms with Crippen LogP contribution in [0.4, 0.5) is 5.82 Å². The Hall–Kier alpha value is -2.92. The van der Waals surface area contributed by atoms with Crippen molar-refractivity contribution in [1.82, 2.24) is 9.55 Å². The van der Waals surface area contributed by atoms with Crippen LogP contribution in [0.3, 0.4) is 0 Å². The maximum absolute atomic E-state index is 5.59. The highest BCUT2D eigenvalue weighted by molar-refractivity contribution is 7.07. The number of furan rings is 1. The van der Waals surface area contributed by atoms with E-state index >= 15 is 0 Å². The van der Waals surface area contributed by atoms with Gasteiger partial charge in [0.05, 0.1) is 6.26 Å². The Morgan fingerprint density at radius 1 is 1.00 bits per heavy atom. The Morgan fingerprint density at radius 2 is 1.88 bits per heavy atom. The summed E-state index contributed by atoms with van der Waals surface area (Å²) in [5, 5.41) is 2.06. The van der Waals surface area contributed by atoms with E-state index in [1.54, 1.807) is 17.6 Å². The zero-order valence-corrected chi connectivity index (χ0v) is 13.9. The molecule has 4 rings (SSSR count). The summed E-state index contributed by atoms with van der Waals surface area (Å²) < 4.78 is 7.68. The predicted octanol–water partition coefficient (Wildman–Crippen LogP) is 4.73. The number of aryl methyl sites for hydroxylation is 1. The summed E-state index contributed by atoms with van der Waals surface area (Å²) in [6.07, 6.45) is 1.68. The maximum Gasteiger partial charge on any atom is 0.196 e. The fraction of sp³-hybridized carbons (Fsp3) is 0.0526. The van der Waals surface area contributed by atoms with E-state index in [1.165, 1.54) is 0 Å². The zero-order valence-electron chi connectivity index (χ0n) is 13.1. The molecule has 3 aromatic heterocycles. The van der Waals surface area contributed by atoms with Gasteiger partial charge in [-0.1, -0.05) is 24.3 Å².